The lowest BCUT2D eigenvalue weighted by molar-refractivity contribution is 0.164. The summed E-state index contributed by atoms with van der Waals surface area (Å²) in [5.74, 6) is 0.446. The van der Waals surface area contributed by atoms with E-state index in [1.165, 1.54) is 24.5 Å². The highest BCUT2D eigenvalue weighted by Gasteiger charge is 2.20. The third-order valence-electron chi connectivity index (χ3n) is 2.92. The topological polar surface area (TPSA) is 46.5 Å². The minimum absolute atomic E-state index is 0.335. The van der Waals surface area contributed by atoms with Crippen LogP contribution in [0.25, 0.3) is 11.0 Å². The summed E-state index contributed by atoms with van der Waals surface area (Å²) in [5, 5.41) is 10.8. The van der Waals surface area contributed by atoms with E-state index >= 15 is 0 Å². The van der Waals surface area contributed by atoms with Gasteiger partial charge in [-0.05, 0) is 42.8 Å². The maximum absolute atomic E-state index is 13.1. The molecule has 4 heteroatoms. The van der Waals surface area contributed by atoms with Gasteiger partial charge in [-0.2, -0.15) is 0 Å². The van der Waals surface area contributed by atoms with Crippen LogP contribution < -0.4 is 0 Å². The summed E-state index contributed by atoms with van der Waals surface area (Å²) in [5.41, 5.74) is 1.38. The molecule has 0 saturated carbocycles. The fourth-order valence-electron chi connectivity index (χ4n) is 1.96. The smallest absolute Gasteiger partial charge is 0.169 e. The molecule has 0 amide bonds. The van der Waals surface area contributed by atoms with Gasteiger partial charge in [0.15, 0.2) is 6.10 Å². The zero-order valence-electron chi connectivity index (χ0n) is 9.68. The lowest BCUT2D eigenvalue weighted by atomic mass is 10.1. The van der Waals surface area contributed by atoms with Crippen molar-refractivity contribution in [1.82, 2.24) is 0 Å². The number of fused-ring (bicyclic) bond motifs is 1. The number of aliphatic hydroxyl groups is 1. The first kappa shape index (κ1) is 11.0. The summed E-state index contributed by atoms with van der Waals surface area (Å²) in [7, 11) is 0. The van der Waals surface area contributed by atoms with Gasteiger partial charge in [0, 0.05) is 5.39 Å². The summed E-state index contributed by atoms with van der Waals surface area (Å²) >= 11 is 0. The van der Waals surface area contributed by atoms with Gasteiger partial charge >= 0.3 is 0 Å². The van der Waals surface area contributed by atoms with Crippen LogP contribution in [-0.2, 0) is 0 Å². The van der Waals surface area contributed by atoms with Gasteiger partial charge in [0.05, 0.1) is 6.26 Å². The molecule has 0 saturated heterocycles. The zero-order chi connectivity index (χ0) is 12.7. The monoisotopic (exact) mass is 246 g/mol. The van der Waals surface area contributed by atoms with Crippen LogP contribution in [0.3, 0.4) is 0 Å². The molecule has 0 aliphatic carbocycles. The normalized spacial score (nSPS) is 13.1. The van der Waals surface area contributed by atoms with E-state index in [4.69, 9.17) is 8.83 Å². The number of rotatable bonds is 2. The van der Waals surface area contributed by atoms with Crippen molar-refractivity contribution in [1.29, 1.82) is 0 Å². The Morgan fingerprint density at radius 3 is 2.78 bits per heavy atom. The van der Waals surface area contributed by atoms with Crippen LogP contribution in [0.5, 0.6) is 0 Å². The van der Waals surface area contributed by atoms with Gasteiger partial charge in [0.25, 0.3) is 0 Å². The van der Waals surface area contributed by atoms with E-state index in [-0.39, 0.29) is 5.82 Å². The second-order valence-electron chi connectivity index (χ2n) is 4.20. The fraction of sp³-hybridized carbons (Fsp3) is 0.143. The first-order chi connectivity index (χ1) is 8.65. The Morgan fingerprint density at radius 2 is 2.06 bits per heavy atom. The van der Waals surface area contributed by atoms with Crippen molar-refractivity contribution in [3.05, 3.63) is 59.5 Å². The molecular formula is C14H11FO3. The van der Waals surface area contributed by atoms with Gasteiger partial charge in [0.2, 0.25) is 0 Å². The number of hydrogen-bond acceptors (Lipinski definition) is 3. The van der Waals surface area contributed by atoms with Crippen LogP contribution in [0.15, 0.2) is 45.4 Å². The van der Waals surface area contributed by atoms with Gasteiger partial charge < -0.3 is 13.9 Å². The fourth-order valence-corrected chi connectivity index (χ4v) is 1.96. The molecule has 0 fully saturated rings. The van der Waals surface area contributed by atoms with Crippen molar-refractivity contribution in [2.45, 2.75) is 13.0 Å². The highest BCUT2D eigenvalue weighted by atomic mass is 19.1. The zero-order valence-corrected chi connectivity index (χ0v) is 9.68. The highest BCUT2D eigenvalue weighted by Crippen LogP contribution is 2.30. The third-order valence-corrected chi connectivity index (χ3v) is 2.92. The standard InChI is InChI=1S/C14H11FO3/c1-8-4-5-17-14(8)13(16)12-7-9-6-10(15)2-3-11(9)18-12/h2-7,13,16H,1H3. The summed E-state index contributed by atoms with van der Waals surface area (Å²) < 4.78 is 23.8. The summed E-state index contributed by atoms with van der Waals surface area (Å²) in [6.45, 7) is 1.84. The van der Waals surface area contributed by atoms with Crippen LogP contribution in [0.1, 0.15) is 23.2 Å². The summed E-state index contributed by atoms with van der Waals surface area (Å²) in [4.78, 5) is 0. The molecule has 2 heterocycles. The molecule has 18 heavy (non-hydrogen) atoms. The molecule has 0 spiro atoms. The Kier molecular flexibility index (Phi) is 2.45. The van der Waals surface area contributed by atoms with E-state index < -0.39 is 6.10 Å². The molecule has 1 aromatic carbocycles. The molecule has 2 aromatic heterocycles. The first-order valence-electron chi connectivity index (χ1n) is 5.56. The Bertz CT molecular complexity index is 696. The van der Waals surface area contributed by atoms with Crippen LogP contribution in [0.4, 0.5) is 4.39 Å². The lowest BCUT2D eigenvalue weighted by Crippen LogP contribution is -1.97. The quantitative estimate of drug-likeness (QED) is 0.752. The third kappa shape index (κ3) is 1.71. The molecule has 92 valence electrons. The number of aliphatic hydroxyl groups excluding tert-OH is 1. The Hall–Kier alpha value is -2.07. The minimum atomic E-state index is -0.976. The van der Waals surface area contributed by atoms with Gasteiger partial charge in [-0.3, -0.25) is 0 Å². The number of hydrogen-bond donors (Lipinski definition) is 1. The predicted octanol–water partition coefficient (Wildman–Crippen LogP) is 3.56. The van der Waals surface area contributed by atoms with Crippen molar-refractivity contribution in [3.8, 4) is 0 Å². The van der Waals surface area contributed by atoms with Crippen molar-refractivity contribution < 1.29 is 18.3 Å². The van der Waals surface area contributed by atoms with E-state index in [1.54, 1.807) is 12.1 Å². The summed E-state index contributed by atoms with van der Waals surface area (Å²) in [6, 6.07) is 7.60. The van der Waals surface area contributed by atoms with Crippen molar-refractivity contribution in [2.75, 3.05) is 0 Å². The van der Waals surface area contributed by atoms with Gasteiger partial charge in [-0.1, -0.05) is 0 Å². The maximum atomic E-state index is 13.1. The lowest BCUT2D eigenvalue weighted by Gasteiger charge is -2.04. The maximum Gasteiger partial charge on any atom is 0.169 e. The van der Waals surface area contributed by atoms with Gasteiger partial charge in [-0.15, -0.1) is 0 Å². The molecule has 1 N–H and O–H groups in total. The van der Waals surface area contributed by atoms with Crippen LogP contribution in [0.2, 0.25) is 0 Å². The van der Waals surface area contributed by atoms with Crippen LogP contribution in [0, 0.1) is 12.7 Å². The van der Waals surface area contributed by atoms with E-state index in [2.05, 4.69) is 0 Å². The highest BCUT2D eigenvalue weighted by molar-refractivity contribution is 5.78. The number of furan rings is 2. The van der Waals surface area contributed by atoms with Crippen LogP contribution in [-0.4, -0.2) is 5.11 Å². The Labute approximate surface area is 102 Å². The molecule has 0 aliphatic rings. The molecule has 0 radical (unpaired) electrons. The molecule has 0 aliphatic heterocycles. The molecule has 1 atom stereocenters. The van der Waals surface area contributed by atoms with E-state index in [0.717, 1.165) is 5.56 Å². The largest absolute Gasteiger partial charge is 0.466 e. The minimum Gasteiger partial charge on any atom is -0.466 e. The van der Waals surface area contributed by atoms with Gasteiger partial charge in [-0.25, -0.2) is 4.39 Å². The second kappa shape index (κ2) is 3.99. The van der Waals surface area contributed by atoms with Gasteiger partial charge in [0.1, 0.15) is 22.9 Å². The number of aryl methyl sites for hydroxylation is 1. The molecule has 1 unspecified atom stereocenters. The molecule has 3 aromatic rings. The molecule has 3 rings (SSSR count). The average molecular weight is 246 g/mol. The number of halogens is 1. The predicted molar refractivity (Wildman–Crippen MR) is 63.7 cm³/mol. The van der Waals surface area contributed by atoms with Crippen molar-refractivity contribution >= 4 is 11.0 Å². The van der Waals surface area contributed by atoms with Crippen LogP contribution >= 0.6 is 0 Å². The van der Waals surface area contributed by atoms with Crippen molar-refractivity contribution in [2.24, 2.45) is 0 Å². The Morgan fingerprint density at radius 1 is 1.22 bits per heavy atom. The Balaban J connectivity index is 2.07. The molecule has 3 nitrogen and oxygen atoms in total. The van der Waals surface area contributed by atoms with Crippen molar-refractivity contribution in [3.63, 3.8) is 0 Å². The SMILES string of the molecule is Cc1ccoc1C(O)c1cc2cc(F)ccc2o1. The van der Waals surface area contributed by atoms with E-state index in [9.17, 15) is 9.50 Å². The summed E-state index contributed by atoms with van der Waals surface area (Å²) in [6.07, 6.45) is 0.534. The number of benzene rings is 1. The van der Waals surface area contributed by atoms with E-state index in [1.807, 2.05) is 6.92 Å². The first-order valence-corrected chi connectivity index (χ1v) is 5.56. The van der Waals surface area contributed by atoms with E-state index in [0.29, 0.717) is 22.5 Å². The second-order valence-corrected chi connectivity index (χ2v) is 4.20. The average Bonchev–Trinajstić information content (AvgIpc) is 2.93. The molecule has 0 bridgehead atoms. The molecular weight excluding hydrogens is 235 g/mol.